The van der Waals surface area contributed by atoms with Crippen molar-refractivity contribution < 1.29 is 21.6 Å². The molecule has 0 bridgehead atoms. The lowest BCUT2D eigenvalue weighted by atomic mass is 10.5. The average molecular weight is 334 g/mol. The number of aromatic nitrogens is 1. The van der Waals surface area contributed by atoms with Crippen molar-refractivity contribution in [2.75, 3.05) is 11.3 Å². The number of halogens is 4. The fourth-order valence-corrected chi connectivity index (χ4v) is 2.13. The Labute approximate surface area is 104 Å². The van der Waals surface area contributed by atoms with Crippen molar-refractivity contribution in [1.29, 1.82) is 0 Å². The Balaban J connectivity index is 2.71. The van der Waals surface area contributed by atoms with Crippen LogP contribution in [0.3, 0.4) is 0 Å². The number of nitrogens with zero attached hydrogens (tertiary/aromatic N) is 1. The fourth-order valence-electron chi connectivity index (χ4n) is 0.801. The molecule has 96 valence electrons. The molecule has 0 aliphatic carbocycles. The molecule has 10 heteroatoms. The van der Waals surface area contributed by atoms with Gasteiger partial charge in [0.1, 0.15) is 6.54 Å². The molecule has 5 nitrogen and oxygen atoms in total. The largest absolute Gasteiger partial charge is 0.402 e. The van der Waals surface area contributed by atoms with E-state index in [2.05, 4.69) is 20.9 Å². The lowest BCUT2D eigenvalue weighted by Gasteiger charge is -2.11. The van der Waals surface area contributed by atoms with E-state index in [1.165, 1.54) is 23.1 Å². The van der Waals surface area contributed by atoms with E-state index >= 15 is 0 Å². The molecule has 0 saturated carbocycles. The molecule has 1 rings (SSSR count). The molecule has 17 heavy (non-hydrogen) atoms. The predicted octanol–water partition coefficient (Wildman–Crippen LogP) is 1.65. The number of rotatable bonds is 4. The molecule has 0 spiro atoms. The first-order valence-electron chi connectivity index (χ1n) is 4.14. The second-order valence-corrected chi connectivity index (χ2v) is 5.23. The Bertz CT molecular complexity index is 491. The summed E-state index contributed by atoms with van der Waals surface area (Å²) < 4.78 is 61.4. The maximum Gasteiger partial charge on any atom is 0.402 e. The van der Waals surface area contributed by atoms with Gasteiger partial charge in [-0.15, -0.1) is 0 Å². The third-order valence-electron chi connectivity index (χ3n) is 1.45. The molecule has 0 saturated heterocycles. The van der Waals surface area contributed by atoms with Crippen LogP contribution in [0.15, 0.2) is 22.8 Å². The van der Waals surface area contributed by atoms with Gasteiger partial charge in [0.25, 0.3) is 0 Å². The Hall–Kier alpha value is -0.870. The highest BCUT2D eigenvalue weighted by atomic mass is 79.9. The van der Waals surface area contributed by atoms with Crippen LogP contribution in [0, 0.1) is 0 Å². The maximum atomic E-state index is 11.8. The highest BCUT2D eigenvalue weighted by Gasteiger charge is 2.29. The van der Waals surface area contributed by atoms with Crippen LogP contribution >= 0.6 is 15.9 Å². The summed E-state index contributed by atoms with van der Waals surface area (Å²) in [5, 5.41) is 0. The van der Waals surface area contributed by atoms with Gasteiger partial charge in [0, 0.05) is 6.20 Å². The Morgan fingerprint density at radius 3 is 2.59 bits per heavy atom. The zero-order valence-electron chi connectivity index (χ0n) is 8.12. The van der Waals surface area contributed by atoms with Crippen LogP contribution in [-0.2, 0) is 10.2 Å². The molecule has 1 aromatic heterocycles. The Kier molecular flexibility index (Phi) is 4.33. The SMILES string of the molecule is O=S(=O)(NCC(F)(F)F)Nc1ncccc1Br. The molecule has 0 aromatic carbocycles. The molecule has 0 amide bonds. The molecule has 2 N–H and O–H groups in total. The van der Waals surface area contributed by atoms with Crippen LogP contribution in [0.25, 0.3) is 0 Å². The van der Waals surface area contributed by atoms with Crippen molar-refractivity contribution in [1.82, 2.24) is 9.71 Å². The van der Waals surface area contributed by atoms with Gasteiger partial charge in [-0.05, 0) is 28.1 Å². The molecule has 0 fully saturated rings. The smallest absolute Gasteiger partial charge is 0.254 e. The van der Waals surface area contributed by atoms with Crippen LogP contribution in [0.5, 0.6) is 0 Å². The lowest BCUT2D eigenvalue weighted by Crippen LogP contribution is -2.37. The van der Waals surface area contributed by atoms with E-state index < -0.39 is 22.9 Å². The van der Waals surface area contributed by atoms with Gasteiger partial charge < -0.3 is 0 Å². The number of anilines is 1. The molecule has 0 aliphatic heterocycles. The minimum atomic E-state index is -4.61. The monoisotopic (exact) mass is 333 g/mol. The van der Waals surface area contributed by atoms with Crippen molar-refractivity contribution in [2.45, 2.75) is 6.18 Å². The van der Waals surface area contributed by atoms with Gasteiger partial charge in [-0.2, -0.15) is 26.3 Å². The van der Waals surface area contributed by atoms with Gasteiger partial charge in [-0.3, -0.25) is 4.72 Å². The molecular formula is C7H7BrF3N3O2S. The second-order valence-electron chi connectivity index (χ2n) is 2.88. The van der Waals surface area contributed by atoms with Crippen molar-refractivity contribution >= 4 is 32.0 Å². The first kappa shape index (κ1) is 14.2. The minimum absolute atomic E-state index is 0.0952. The van der Waals surface area contributed by atoms with Gasteiger partial charge in [-0.25, -0.2) is 4.98 Å². The van der Waals surface area contributed by atoms with E-state index in [1.54, 1.807) is 0 Å². The molecule has 0 unspecified atom stereocenters. The van der Waals surface area contributed by atoms with E-state index in [-0.39, 0.29) is 5.82 Å². The third-order valence-corrected chi connectivity index (χ3v) is 3.08. The van der Waals surface area contributed by atoms with Gasteiger partial charge in [0.15, 0.2) is 5.82 Å². The highest BCUT2D eigenvalue weighted by Crippen LogP contribution is 2.19. The lowest BCUT2D eigenvalue weighted by molar-refractivity contribution is -0.121. The zero-order chi connectivity index (χ0) is 13.1. The Morgan fingerprint density at radius 1 is 1.41 bits per heavy atom. The van der Waals surface area contributed by atoms with Crippen molar-refractivity contribution in [3.63, 3.8) is 0 Å². The number of nitrogens with one attached hydrogen (secondary N) is 2. The van der Waals surface area contributed by atoms with E-state index in [0.29, 0.717) is 4.47 Å². The van der Waals surface area contributed by atoms with Gasteiger partial charge in [0.05, 0.1) is 4.47 Å². The highest BCUT2D eigenvalue weighted by molar-refractivity contribution is 9.10. The molecule has 1 heterocycles. The van der Waals surface area contributed by atoms with Crippen molar-refractivity contribution in [3.8, 4) is 0 Å². The molecule has 0 aliphatic rings. The predicted molar refractivity (Wildman–Crippen MR) is 58.5 cm³/mol. The van der Waals surface area contributed by atoms with Crippen molar-refractivity contribution in [2.24, 2.45) is 0 Å². The van der Waals surface area contributed by atoms with Crippen LogP contribution in [0.4, 0.5) is 19.0 Å². The van der Waals surface area contributed by atoms with E-state index in [0.717, 1.165) is 0 Å². The summed E-state index contributed by atoms with van der Waals surface area (Å²) in [4.78, 5) is 3.65. The molecule has 1 aromatic rings. The van der Waals surface area contributed by atoms with Crippen LogP contribution in [-0.4, -0.2) is 26.1 Å². The summed E-state index contributed by atoms with van der Waals surface area (Å²) in [6.45, 7) is -1.65. The minimum Gasteiger partial charge on any atom is -0.254 e. The fraction of sp³-hybridized carbons (Fsp3) is 0.286. The van der Waals surface area contributed by atoms with Crippen LogP contribution < -0.4 is 9.44 Å². The molecule has 0 atom stereocenters. The average Bonchev–Trinajstić information content (AvgIpc) is 2.18. The second kappa shape index (κ2) is 5.19. The van der Waals surface area contributed by atoms with E-state index in [9.17, 15) is 21.6 Å². The first-order chi connectivity index (χ1) is 7.70. The molecule has 0 radical (unpaired) electrons. The quantitative estimate of drug-likeness (QED) is 0.880. The van der Waals surface area contributed by atoms with Crippen LogP contribution in [0.1, 0.15) is 0 Å². The standard InChI is InChI=1S/C7H7BrF3N3O2S/c8-5-2-1-3-12-6(5)14-17(15,16)13-4-7(9,10)11/h1-3,13H,4H2,(H,12,14). The topological polar surface area (TPSA) is 71.1 Å². The number of hydrogen-bond donors (Lipinski definition) is 2. The van der Waals surface area contributed by atoms with Gasteiger partial charge in [0.2, 0.25) is 0 Å². The maximum absolute atomic E-state index is 11.8. The normalized spacial score (nSPS) is 12.5. The van der Waals surface area contributed by atoms with E-state index in [1.807, 2.05) is 4.72 Å². The number of pyridine rings is 1. The summed E-state index contributed by atoms with van der Waals surface area (Å²) in [7, 11) is -4.30. The van der Waals surface area contributed by atoms with Gasteiger partial charge >= 0.3 is 16.4 Å². The molecular weight excluding hydrogens is 327 g/mol. The third kappa shape index (κ3) is 5.33. The number of alkyl halides is 3. The van der Waals surface area contributed by atoms with E-state index in [4.69, 9.17) is 0 Å². The summed E-state index contributed by atoms with van der Waals surface area (Å²) in [6.07, 6.45) is -3.32. The Morgan fingerprint density at radius 2 is 2.06 bits per heavy atom. The van der Waals surface area contributed by atoms with Crippen molar-refractivity contribution in [3.05, 3.63) is 22.8 Å². The number of hydrogen-bond acceptors (Lipinski definition) is 3. The summed E-state index contributed by atoms with van der Waals surface area (Å²) in [5.74, 6) is -0.0952. The first-order valence-corrected chi connectivity index (χ1v) is 6.42. The zero-order valence-corrected chi connectivity index (χ0v) is 10.5. The van der Waals surface area contributed by atoms with Gasteiger partial charge in [-0.1, -0.05) is 0 Å². The summed E-state index contributed by atoms with van der Waals surface area (Å²) in [5.41, 5.74) is 0. The van der Waals surface area contributed by atoms with Crippen LogP contribution in [0.2, 0.25) is 0 Å². The summed E-state index contributed by atoms with van der Waals surface area (Å²) in [6, 6.07) is 3.03. The summed E-state index contributed by atoms with van der Waals surface area (Å²) >= 11 is 3.00.